The lowest BCUT2D eigenvalue weighted by Gasteiger charge is -1.90. The molecule has 0 fully saturated rings. The first-order chi connectivity index (χ1) is 3.39. The summed E-state index contributed by atoms with van der Waals surface area (Å²) in [6, 6.07) is 0. The summed E-state index contributed by atoms with van der Waals surface area (Å²) in [4.78, 5) is 0. The van der Waals surface area contributed by atoms with Gasteiger partial charge in [-0.1, -0.05) is 0 Å². The van der Waals surface area contributed by atoms with E-state index in [9.17, 15) is 0 Å². The summed E-state index contributed by atoms with van der Waals surface area (Å²) in [7, 11) is 5.36. The van der Waals surface area contributed by atoms with Crippen LogP contribution in [0.25, 0.3) is 0 Å². The lowest BCUT2D eigenvalue weighted by molar-refractivity contribution is 1.40. The summed E-state index contributed by atoms with van der Waals surface area (Å²) >= 11 is 0. The van der Waals surface area contributed by atoms with Gasteiger partial charge in [0.15, 0.2) is 5.41 Å². The van der Waals surface area contributed by atoms with Crippen molar-refractivity contribution in [2.75, 3.05) is 0 Å². The minimum atomic E-state index is -0.235. The third kappa shape index (κ3) is 1.45. The molecule has 1 N–H and O–H groups in total. The molecule has 1 nitrogen and oxygen atoms in total. The van der Waals surface area contributed by atoms with Crippen molar-refractivity contribution in [2.45, 2.75) is 0 Å². The molecule has 38 valence electrons. The van der Waals surface area contributed by atoms with Crippen LogP contribution in [0.3, 0.4) is 0 Å². The Hall–Kier alpha value is -0.0800. The predicted octanol–water partition coefficient (Wildman–Crippen LogP) is 1.30. The third-order valence-corrected chi connectivity index (χ3v) is 1.92. The molecule has 0 aromatic heterocycles. The highest BCUT2D eigenvalue weighted by molar-refractivity contribution is 8.19. The van der Waals surface area contributed by atoms with Crippen LogP contribution in [0.2, 0.25) is 0 Å². The standard InChI is InChI=1S/C4H5ClNS/c5-7-4-2-1-3-6-7/h1-4,6H/q+1. The molecule has 0 bridgehead atoms. The SMILES string of the molecule is Cl[S+]1C=CC=CN1. The molecular weight excluding hydrogens is 130 g/mol. The van der Waals surface area contributed by atoms with E-state index in [1.807, 2.05) is 23.8 Å². The Kier molecular flexibility index (Phi) is 1.65. The van der Waals surface area contributed by atoms with Crippen LogP contribution < -0.4 is 4.72 Å². The van der Waals surface area contributed by atoms with Crippen molar-refractivity contribution in [2.24, 2.45) is 0 Å². The lowest BCUT2D eigenvalue weighted by atomic mass is 10.6. The summed E-state index contributed by atoms with van der Waals surface area (Å²) in [5, 5.41) is 1.90. The van der Waals surface area contributed by atoms with Gasteiger partial charge in [-0.15, -0.1) is 0 Å². The largest absolute Gasteiger partial charge is 0.246 e. The number of allylic oxidation sites excluding steroid dienone is 2. The Labute approximate surface area is 50.0 Å². The van der Waals surface area contributed by atoms with E-state index in [2.05, 4.69) is 4.72 Å². The summed E-state index contributed by atoms with van der Waals surface area (Å²) in [5.41, 5.74) is 0. The van der Waals surface area contributed by atoms with E-state index in [0.29, 0.717) is 0 Å². The first-order valence-electron chi connectivity index (χ1n) is 1.88. The fourth-order valence-electron chi connectivity index (χ4n) is 0.313. The Bertz CT molecular complexity index is 110. The van der Waals surface area contributed by atoms with Gasteiger partial charge in [0.05, 0.1) is 0 Å². The highest BCUT2D eigenvalue weighted by Crippen LogP contribution is 2.02. The van der Waals surface area contributed by atoms with Gasteiger partial charge < -0.3 is 0 Å². The second-order valence-corrected chi connectivity index (χ2v) is 3.16. The van der Waals surface area contributed by atoms with Crippen molar-refractivity contribution in [1.29, 1.82) is 0 Å². The zero-order chi connectivity index (χ0) is 5.11. The van der Waals surface area contributed by atoms with Gasteiger partial charge in [0.2, 0.25) is 21.0 Å². The van der Waals surface area contributed by atoms with Crippen LogP contribution >= 0.6 is 10.7 Å². The van der Waals surface area contributed by atoms with Crippen molar-refractivity contribution in [3.05, 3.63) is 23.8 Å². The molecule has 1 heterocycles. The van der Waals surface area contributed by atoms with E-state index in [0.717, 1.165) is 0 Å². The Morgan fingerprint density at radius 2 is 2.29 bits per heavy atom. The Balaban J connectivity index is 2.49. The van der Waals surface area contributed by atoms with Gasteiger partial charge in [-0.05, 0) is 12.2 Å². The maximum absolute atomic E-state index is 5.60. The number of hydrogen-bond acceptors (Lipinski definition) is 1. The highest BCUT2D eigenvalue weighted by atomic mass is 35.7. The van der Waals surface area contributed by atoms with Gasteiger partial charge in [-0.2, -0.15) is 4.72 Å². The van der Waals surface area contributed by atoms with E-state index in [4.69, 9.17) is 10.7 Å². The molecule has 0 spiro atoms. The second kappa shape index (κ2) is 2.28. The summed E-state index contributed by atoms with van der Waals surface area (Å²) in [6.07, 6.45) is 5.66. The van der Waals surface area contributed by atoms with Crippen molar-refractivity contribution in [3.8, 4) is 0 Å². The molecule has 1 aliphatic rings. The molecule has 1 unspecified atom stereocenters. The first kappa shape index (κ1) is 5.06. The Morgan fingerprint density at radius 1 is 1.43 bits per heavy atom. The van der Waals surface area contributed by atoms with E-state index in [1.165, 1.54) is 0 Å². The van der Waals surface area contributed by atoms with E-state index < -0.39 is 0 Å². The van der Waals surface area contributed by atoms with Gasteiger partial charge >= 0.3 is 0 Å². The molecule has 7 heavy (non-hydrogen) atoms. The van der Waals surface area contributed by atoms with Crippen molar-refractivity contribution in [3.63, 3.8) is 0 Å². The molecule has 0 aliphatic carbocycles. The van der Waals surface area contributed by atoms with E-state index >= 15 is 0 Å². The summed E-state index contributed by atoms with van der Waals surface area (Å²) in [5.74, 6) is 0. The van der Waals surface area contributed by atoms with Crippen molar-refractivity contribution in [1.82, 2.24) is 4.72 Å². The molecule has 0 aromatic carbocycles. The van der Waals surface area contributed by atoms with E-state index in [-0.39, 0.29) is 10.3 Å². The highest BCUT2D eigenvalue weighted by Gasteiger charge is 2.08. The molecular formula is C4H5ClNS+. The second-order valence-electron chi connectivity index (χ2n) is 1.09. The zero-order valence-corrected chi connectivity index (χ0v) is 5.17. The maximum Gasteiger partial charge on any atom is 0.246 e. The van der Waals surface area contributed by atoms with Gasteiger partial charge in [0, 0.05) is 6.20 Å². The van der Waals surface area contributed by atoms with Crippen LogP contribution in [-0.4, -0.2) is 0 Å². The van der Waals surface area contributed by atoms with Gasteiger partial charge in [-0.25, -0.2) is 0 Å². The van der Waals surface area contributed by atoms with E-state index in [1.54, 1.807) is 0 Å². The molecule has 3 heteroatoms. The van der Waals surface area contributed by atoms with Crippen LogP contribution in [0.15, 0.2) is 23.8 Å². The monoisotopic (exact) mass is 134 g/mol. The average Bonchev–Trinajstić information content (AvgIpc) is 1.69. The van der Waals surface area contributed by atoms with Crippen LogP contribution in [0.1, 0.15) is 0 Å². The maximum atomic E-state index is 5.60. The van der Waals surface area contributed by atoms with Crippen LogP contribution in [0, 0.1) is 0 Å². The number of nitrogens with one attached hydrogen (secondary N) is 1. The summed E-state index contributed by atoms with van der Waals surface area (Å²) < 4.78 is 2.91. The van der Waals surface area contributed by atoms with Crippen molar-refractivity contribution < 1.29 is 0 Å². The zero-order valence-electron chi connectivity index (χ0n) is 3.60. The van der Waals surface area contributed by atoms with Crippen LogP contribution in [0.4, 0.5) is 0 Å². The van der Waals surface area contributed by atoms with Crippen molar-refractivity contribution >= 4 is 21.0 Å². The fraction of sp³-hybridized carbons (Fsp3) is 0. The number of rotatable bonds is 0. The normalized spacial score (nSPS) is 27.3. The molecule has 0 radical (unpaired) electrons. The molecule has 1 atom stereocenters. The average molecular weight is 135 g/mol. The first-order valence-corrected chi connectivity index (χ1v) is 4.00. The fourth-order valence-corrected chi connectivity index (χ4v) is 1.16. The smallest absolute Gasteiger partial charge is 0.193 e. The summed E-state index contributed by atoms with van der Waals surface area (Å²) in [6.45, 7) is 0. The molecule has 1 aliphatic heterocycles. The number of hydrogen-bond donors (Lipinski definition) is 1. The molecule has 1 rings (SSSR count). The van der Waals surface area contributed by atoms with Gasteiger partial charge in [0.1, 0.15) is 0 Å². The topological polar surface area (TPSA) is 12.0 Å². The third-order valence-electron chi connectivity index (χ3n) is 0.586. The van der Waals surface area contributed by atoms with Crippen LogP contribution in [0.5, 0.6) is 0 Å². The lowest BCUT2D eigenvalue weighted by Crippen LogP contribution is -2.09. The molecule has 0 aromatic rings. The predicted molar refractivity (Wildman–Crippen MR) is 34.6 cm³/mol. The Morgan fingerprint density at radius 3 is 2.57 bits per heavy atom. The minimum Gasteiger partial charge on any atom is -0.193 e. The minimum absolute atomic E-state index is 0.235. The number of halogens is 1. The molecule has 0 saturated carbocycles. The molecule has 0 saturated heterocycles. The quantitative estimate of drug-likeness (QED) is 0.493. The van der Waals surface area contributed by atoms with Gasteiger partial charge in [-0.3, -0.25) is 0 Å². The molecule has 0 amide bonds. The van der Waals surface area contributed by atoms with Gasteiger partial charge in [0.25, 0.3) is 0 Å². The van der Waals surface area contributed by atoms with Crippen LogP contribution in [-0.2, 0) is 10.3 Å².